The molecule has 5 nitrogen and oxygen atoms in total. The molecule has 0 aromatic heterocycles. The predicted octanol–water partition coefficient (Wildman–Crippen LogP) is 3.77. The Hall–Kier alpha value is -1.87. The molecule has 136 valence electrons. The van der Waals surface area contributed by atoms with Gasteiger partial charge in [0.15, 0.2) is 6.61 Å². The quantitative estimate of drug-likeness (QED) is 0.598. The lowest BCUT2D eigenvalue weighted by molar-refractivity contribution is -0.170. The number of nitrogens with zero attached hydrogens (tertiary/aromatic N) is 1. The summed E-state index contributed by atoms with van der Waals surface area (Å²) in [5.41, 5.74) is 0.696. The van der Waals surface area contributed by atoms with Crippen molar-refractivity contribution in [3.05, 3.63) is 29.8 Å². The fourth-order valence-corrected chi connectivity index (χ4v) is 6.95. The zero-order valence-electron chi connectivity index (χ0n) is 14.5. The van der Waals surface area contributed by atoms with Crippen LogP contribution in [0.2, 0.25) is 0 Å². The second-order valence-corrected chi connectivity index (χ2v) is 9.89. The summed E-state index contributed by atoms with van der Waals surface area (Å²) in [6, 6.07) is 8.61. The zero-order chi connectivity index (χ0) is 18.4. The van der Waals surface area contributed by atoms with Gasteiger partial charge >= 0.3 is 5.97 Å². The number of esters is 1. The highest BCUT2D eigenvalue weighted by Crippen LogP contribution is 2.64. The second kappa shape index (κ2) is 6.38. The Balaban J connectivity index is 1.35. The molecule has 4 saturated carbocycles. The first-order valence-corrected chi connectivity index (χ1v) is 9.85. The molecule has 4 aliphatic carbocycles. The Morgan fingerprint density at radius 1 is 1.19 bits per heavy atom. The molecule has 1 aromatic rings. The fourth-order valence-electron chi connectivity index (χ4n) is 5.50. The van der Waals surface area contributed by atoms with Gasteiger partial charge in [-0.05, 0) is 74.6 Å². The maximum Gasteiger partial charge on any atom is 0.312 e. The molecule has 4 bridgehead atoms. The first kappa shape index (κ1) is 17.5. The van der Waals surface area contributed by atoms with Gasteiger partial charge in [-0.15, -0.1) is 0 Å². The van der Waals surface area contributed by atoms with E-state index < -0.39 is 5.41 Å². The van der Waals surface area contributed by atoms with Gasteiger partial charge in [-0.25, -0.2) is 0 Å². The third-order valence-corrected chi connectivity index (χ3v) is 6.98. The number of halogens is 1. The van der Waals surface area contributed by atoms with Crippen LogP contribution in [0.1, 0.15) is 44.1 Å². The molecule has 1 N–H and O–H groups in total. The standard InChI is InChI=1S/C20H21BrN2O3/c21-20-8-14-5-15(9-20)7-19(6-14,12-20)18(25)26-11-17(24)23-16-3-1-13(10-22)2-4-16/h1-4,14-15H,5-9,11-12H2,(H,23,24)/t14-,15+,19?,20?. The minimum atomic E-state index is -0.414. The average Bonchev–Trinajstić information content (AvgIpc) is 2.58. The number of benzene rings is 1. The number of hydrogen-bond acceptors (Lipinski definition) is 4. The molecule has 0 heterocycles. The van der Waals surface area contributed by atoms with Crippen LogP contribution in [0.5, 0.6) is 0 Å². The SMILES string of the molecule is N#Cc1ccc(NC(=O)COC(=O)C23C[C@@H]4C[C@@H](CC(Br)(C4)C2)C3)cc1. The van der Waals surface area contributed by atoms with Gasteiger partial charge in [-0.2, -0.15) is 5.26 Å². The van der Waals surface area contributed by atoms with Crippen LogP contribution < -0.4 is 5.32 Å². The minimum Gasteiger partial charge on any atom is -0.455 e. The molecule has 0 spiro atoms. The number of hydrogen-bond donors (Lipinski definition) is 1. The largest absolute Gasteiger partial charge is 0.455 e. The molecule has 0 saturated heterocycles. The van der Waals surface area contributed by atoms with Gasteiger partial charge in [-0.3, -0.25) is 9.59 Å². The minimum absolute atomic E-state index is 0.0842. The lowest BCUT2D eigenvalue weighted by Crippen LogP contribution is -2.56. The van der Waals surface area contributed by atoms with Gasteiger partial charge in [0.05, 0.1) is 17.0 Å². The number of amides is 1. The highest BCUT2D eigenvalue weighted by molar-refractivity contribution is 9.10. The van der Waals surface area contributed by atoms with E-state index in [-0.39, 0.29) is 22.8 Å². The number of rotatable bonds is 4. The second-order valence-electron chi connectivity index (χ2n) is 8.21. The van der Waals surface area contributed by atoms with E-state index in [1.165, 1.54) is 6.42 Å². The van der Waals surface area contributed by atoms with E-state index in [2.05, 4.69) is 21.2 Å². The molecule has 2 unspecified atom stereocenters. The average molecular weight is 417 g/mol. The van der Waals surface area contributed by atoms with Crippen LogP contribution in [0, 0.1) is 28.6 Å². The number of carbonyl (C=O) groups is 2. The van der Waals surface area contributed by atoms with Gasteiger partial charge in [-0.1, -0.05) is 15.9 Å². The Morgan fingerprint density at radius 2 is 1.85 bits per heavy atom. The Kier molecular flexibility index (Phi) is 4.31. The summed E-state index contributed by atoms with van der Waals surface area (Å²) in [4.78, 5) is 24.9. The smallest absolute Gasteiger partial charge is 0.312 e. The summed E-state index contributed by atoms with van der Waals surface area (Å²) >= 11 is 3.89. The summed E-state index contributed by atoms with van der Waals surface area (Å²) in [6.45, 7) is -0.273. The first-order chi connectivity index (χ1) is 12.4. The molecule has 1 amide bonds. The van der Waals surface area contributed by atoms with Crippen molar-refractivity contribution in [2.45, 2.75) is 42.8 Å². The van der Waals surface area contributed by atoms with E-state index in [0.717, 1.165) is 32.1 Å². The molecule has 4 aliphatic rings. The van der Waals surface area contributed by atoms with Gasteiger partial charge in [0, 0.05) is 10.0 Å². The van der Waals surface area contributed by atoms with E-state index in [9.17, 15) is 9.59 Å². The molecular formula is C20H21BrN2O3. The van der Waals surface area contributed by atoms with Crippen LogP contribution >= 0.6 is 15.9 Å². The van der Waals surface area contributed by atoms with E-state index >= 15 is 0 Å². The summed E-state index contributed by atoms with van der Waals surface area (Å²) in [5, 5.41) is 11.5. The molecule has 4 atom stereocenters. The third kappa shape index (κ3) is 3.25. The highest BCUT2D eigenvalue weighted by Gasteiger charge is 2.60. The van der Waals surface area contributed by atoms with Crippen LogP contribution in [-0.4, -0.2) is 22.8 Å². The maximum atomic E-state index is 12.8. The van der Waals surface area contributed by atoms with E-state index in [1.54, 1.807) is 24.3 Å². The Bertz CT molecular complexity index is 769. The number of nitriles is 1. The van der Waals surface area contributed by atoms with Crippen LogP contribution in [0.25, 0.3) is 0 Å². The molecule has 6 heteroatoms. The lowest BCUT2D eigenvalue weighted by Gasteiger charge is -2.58. The topological polar surface area (TPSA) is 79.2 Å². The Labute approximate surface area is 161 Å². The number of carbonyl (C=O) groups excluding carboxylic acids is 2. The monoisotopic (exact) mass is 416 g/mol. The normalized spacial score (nSPS) is 34.2. The lowest BCUT2D eigenvalue weighted by atomic mass is 9.49. The van der Waals surface area contributed by atoms with Crippen LogP contribution in [-0.2, 0) is 14.3 Å². The van der Waals surface area contributed by atoms with Gasteiger partial charge < -0.3 is 10.1 Å². The first-order valence-electron chi connectivity index (χ1n) is 9.06. The summed E-state index contributed by atoms with van der Waals surface area (Å²) in [5.74, 6) is 0.609. The van der Waals surface area contributed by atoms with Crippen molar-refractivity contribution >= 4 is 33.5 Å². The Morgan fingerprint density at radius 3 is 2.42 bits per heavy atom. The fraction of sp³-hybridized carbons (Fsp3) is 0.550. The van der Waals surface area contributed by atoms with Crippen LogP contribution in [0.15, 0.2) is 24.3 Å². The number of nitrogens with one attached hydrogen (secondary N) is 1. The number of alkyl halides is 1. The molecule has 1 aromatic carbocycles. The van der Waals surface area contributed by atoms with Crippen molar-refractivity contribution in [3.63, 3.8) is 0 Å². The van der Waals surface area contributed by atoms with Crippen molar-refractivity contribution in [2.75, 3.05) is 11.9 Å². The summed E-state index contributed by atoms with van der Waals surface area (Å²) in [7, 11) is 0. The summed E-state index contributed by atoms with van der Waals surface area (Å²) in [6.07, 6.45) is 6.14. The zero-order valence-corrected chi connectivity index (χ0v) is 16.0. The predicted molar refractivity (Wildman–Crippen MR) is 99.5 cm³/mol. The van der Waals surface area contributed by atoms with Gasteiger partial charge in [0.2, 0.25) is 0 Å². The molecular weight excluding hydrogens is 396 g/mol. The van der Waals surface area contributed by atoms with E-state index in [0.29, 0.717) is 23.1 Å². The number of anilines is 1. The van der Waals surface area contributed by atoms with Crippen molar-refractivity contribution in [3.8, 4) is 6.07 Å². The van der Waals surface area contributed by atoms with E-state index in [1.807, 2.05) is 6.07 Å². The number of ether oxygens (including phenoxy) is 1. The third-order valence-electron chi connectivity index (χ3n) is 6.05. The van der Waals surface area contributed by atoms with Crippen molar-refractivity contribution < 1.29 is 14.3 Å². The molecule has 0 aliphatic heterocycles. The maximum absolute atomic E-state index is 12.8. The summed E-state index contributed by atoms with van der Waals surface area (Å²) < 4.78 is 5.51. The molecule has 5 rings (SSSR count). The van der Waals surface area contributed by atoms with Crippen LogP contribution in [0.4, 0.5) is 5.69 Å². The van der Waals surface area contributed by atoms with Crippen molar-refractivity contribution in [2.24, 2.45) is 17.3 Å². The molecule has 4 fully saturated rings. The van der Waals surface area contributed by atoms with Crippen molar-refractivity contribution in [1.82, 2.24) is 0 Å². The van der Waals surface area contributed by atoms with Crippen molar-refractivity contribution in [1.29, 1.82) is 5.26 Å². The van der Waals surface area contributed by atoms with Gasteiger partial charge in [0.25, 0.3) is 5.91 Å². The highest BCUT2D eigenvalue weighted by atomic mass is 79.9. The van der Waals surface area contributed by atoms with Crippen LogP contribution in [0.3, 0.4) is 0 Å². The molecule has 26 heavy (non-hydrogen) atoms. The van der Waals surface area contributed by atoms with Gasteiger partial charge in [0.1, 0.15) is 0 Å². The molecule has 0 radical (unpaired) electrons. The van der Waals surface area contributed by atoms with E-state index in [4.69, 9.17) is 10.00 Å².